The molecule has 0 saturated heterocycles. The second-order valence-corrected chi connectivity index (χ2v) is 12.4. The fourth-order valence-electron chi connectivity index (χ4n) is 7.21. The van der Waals surface area contributed by atoms with Gasteiger partial charge in [0.2, 0.25) is 0 Å². The van der Waals surface area contributed by atoms with Crippen LogP contribution in [0.3, 0.4) is 0 Å². The van der Waals surface area contributed by atoms with Crippen molar-refractivity contribution in [2.24, 2.45) is 0 Å². The van der Waals surface area contributed by atoms with Gasteiger partial charge in [-0.25, -0.2) is 15.0 Å². The molecular weight excluding hydrogens is 599 g/mol. The minimum Gasteiger partial charge on any atom is -0.456 e. The Morgan fingerprint density at radius 3 is 1.78 bits per heavy atom. The van der Waals surface area contributed by atoms with Crippen LogP contribution in [0.15, 0.2) is 168 Å². The third kappa shape index (κ3) is 4.49. The van der Waals surface area contributed by atoms with Crippen LogP contribution in [0.1, 0.15) is 0 Å². The molecule has 2 aromatic heterocycles. The fourth-order valence-corrected chi connectivity index (χ4v) is 7.21. The summed E-state index contributed by atoms with van der Waals surface area (Å²) in [6, 6.07) is 57.0. The summed E-state index contributed by atoms with van der Waals surface area (Å²) in [6.07, 6.45) is 0. The van der Waals surface area contributed by atoms with Crippen molar-refractivity contribution in [3.8, 4) is 45.3 Å². The molecule has 0 bridgehead atoms. The lowest BCUT2D eigenvalue weighted by Gasteiger charge is -2.14. The van der Waals surface area contributed by atoms with Crippen LogP contribution in [-0.2, 0) is 0 Å². The Morgan fingerprint density at radius 2 is 0.918 bits per heavy atom. The topological polar surface area (TPSA) is 51.8 Å². The Balaban J connectivity index is 1.20. The van der Waals surface area contributed by atoms with E-state index in [4.69, 9.17) is 19.4 Å². The molecule has 228 valence electrons. The molecule has 0 aliphatic heterocycles. The molecule has 0 fully saturated rings. The van der Waals surface area contributed by atoms with Crippen molar-refractivity contribution < 1.29 is 4.42 Å². The minimum atomic E-state index is 0.604. The third-order valence-electron chi connectivity index (χ3n) is 9.53. The number of nitrogens with zero attached hydrogens (tertiary/aromatic N) is 3. The van der Waals surface area contributed by atoms with Gasteiger partial charge in [0.1, 0.15) is 11.2 Å². The van der Waals surface area contributed by atoms with E-state index in [1.165, 1.54) is 32.3 Å². The summed E-state index contributed by atoms with van der Waals surface area (Å²) >= 11 is 0. The number of hydrogen-bond acceptors (Lipinski definition) is 4. The molecule has 0 amide bonds. The van der Waals surface area contributed by atoms with E-state index >= 15 is 0 Å². The Bertz CT molecular complexity index is 2890. The zero-order valence-corrected chi connectivity index (χ0v) is 26.3. The smallest absolute Gasteiger partial charge is 0.164 e. The van der Waals surface area contributed by atoms with E-state index in [2.05, 4.69) is 103 Å². The molecule has 0 aliphatic rings. The summed E-state index contributed by atoms with van der Waals surface area (Å²) in [5, 5.41) is 9.46. The number of hydrogen-bond donors (Lipinski definition) is 0. The average Bonchev–Trinajstić information content (AvgIpc) is 3.57. The fraction of sp³-hybridized carbons (Fsp3) is 0. The molecule has 0 atom stereocenters. The number of aromatic nitrogens is 3. The Hall–Kier alpha value is -6.65. The first kappa shape index (κ1) is 27.5. The molecule has 0 aliphatic carbocycles. The summed E-state index contributed by atoms with van der Waals surface area (Å²) in [6.45, 7) is 0. The van der Waals surface area contributed by atoms with Crippen LogP contribution >= 0.6 is 0 Å². The van der Waals surface area contributed by atoms with E-state index in [1.807, 2.05) is 60.7 Å². The van der Waals surface area contributed by atoms with Crippen molar-refractivity contribution in [3.05, 3.63) is 164 Å². The number of fused-ring (bicyclic) bond motifs is 8. The third-order valence-corrected chi connectivity index (χ3v) is 9.53. The molecule has 0 unspecified atom stereocenters. The molecular formula is C45H27N3O. The molecule has 0 spiro atoms. The Labute approximate surface area is 282 Å². The molecule has 8 aromatic carbocycles. The van der Waals surface area contributed by atoms with Gasteiger partial charge in [-0.2, -0.15) is 0 Å². The van der Waals surface area contributed by atoms with Crippen molar-refractivity contribution in [3.63, 3.8) is 0 Å². The van der Waals surface area contributed by atoms with Crippen molar-refractivity contribution in [2.75, 3.05) is 0 Å². The van der Waals surface area contributed by atoms with Crippen LogP contribution in [0.25, 0.3) is 99.5 Å². The van der Waals surface area contributed by atoms with E-state index in [0.717, 1.165) is 49.8 Å². The van der Waals surface area contributed by atoms with Gasteiger partial charge in [0, 0.05) is 27.5 Å². The molecule has 4 heteroatoms. The van der Waals surface area contributed by atoms with Crippen molar-refractivity contribution in [1.29, 1.82) is 0 Å². The van der Waals surface area contributed by atoms with Crippen LogP contribution in [0.2, 0.25) is 0 Å². The highest BCUT2D eigenvalue weighted by Crippen LogP contribution is 2.39. The van der Waals surface area contributed by atoms with Gasteiger partial charge in [0.15, 0.2) is 17.5 Å². The predicted octanol–water partition coefficient (Wildman–Crippen LogP) is 11.9. The van der Waals surface area contributed by atoms with Crippen molar-refractivity contribution >= 4 is 54.3 Å². The summed E-state index contributed by atoms with van der Waals surface area (Å²) in [7, 11) is 0. The lowest BCUT2D eigenvalue weighted by Crippen LogP contribution is -2.01. The largest absolute Gasteiger partial charge is 0.456 e. The standard InChI is InChI=1S/C45H27N3O/c1-2-12-30(13-3-1)43-46-44(48-45(47-43)38-18-10-20-41-42(38)37-17-8-9-19-40(37)49-41)36-16-7-6-15-33(36)31-22-21-29-24-25-34-32-14-5-4-11-28(32)23-26-35(34)39(29)27-31/h1-27H. The van der Waals surface area contributed by atoms with Crippen LogP contribution in [0, 0.1) is 0 Å². The quantitative estimate of drug-likeness (QED) is 0.183. The molecule has 10 aromatic rings. The predicted molar refractivity (Wildman–Crippen MR) is 201 cm³/mol. The highest BCUT2D eigenvalue weighted by atomic mass is 16.3. The Kier molecular flexibility index (Phi) is 6.15. The van der Waals surface area contributed by atoms with E-state index in [9.17, 15) is 0 Å². The van der Waals surface area contributed by atoms with Gasteiger partial charge in [0.05, 0.1) is 0 Å². The van der Waals surface area contributed by atoms with Gasteiger partial charge in [-0.1, -0.05) is 146 Å². The maximum Gasteiger partial charge on any atom is 0.164 e. The first-order valence-electron chi connectivity index (χ1n) is 16.4. The Morgan fingerprint density at radius 1 is 0.327 bits per heavy atom. The SMILES string of the molecule is c1ccc(-c2nc(-c3ccccc3-c3ccc4ccc5c6ccccc6ccc5c4c3)nc(-c3cccc4oc5ccccc5c34)n2)cc1. The summed E-state index contributed by atoms with van der Waals surface area (Å²) in [4.78, 5) is 15.4. The second kappa shape index (κ2) is 11.0. The highest BCUT2D eigenvalue weighted by molar-refractivity contribution is 6.18. The lowest BCUT2D eigenvalue weighted by atomic mass is 9.93. The van der Waals surface area contributed by atoms with Gasteiger partial charge < -0.3 is 4.42 Å². The molecule has 4 nitrogen and oxygen atoms in total. The number of rotatable bonds is 4. The van der Waals surface area contributed by atoms with E-state index in [0.29, 0.717) is 17.5 Å². The van der Waals surface area contributed by atoms with Gasteiger partial charge in [-0.15, -0.1) is 0 Å². The minimum absolute atomic E-state index is 0.604. The van der Waals surface area contributed by atoms with Gasteiger partial charge >= 0.3 is 0 Å². The molecule has 10 rings (SSSR count). The zero-order valence-electron chi connectivity index (χ0n) is 26.3. The van der Waals surface area contributed by atoms with Crippen LogP contribution in [0.5, 0.6) is 0 Å². The molecule has 2 heterocycles. The van der Waals surface area contributed by atoms with Crippen LogP contribution < -0.4 is 0 Å². The van der Waals surface area contributed by atoms with Gasteiger partial charge in [0.25, 0.3) is 0 Å². The lowest BCUT2D eigenvalue weighted by molar-refractivity contribution is 0.669. The van der Waals surface area contributed by atoms with E-state index in [-0.39, 0.29) is 0 Å². The number of para-hydroxylation sites is 1. The molecule has 0 radical (unpaired) electrons. The summed E-state index contributed by atoms with van der Waals surface area (Å²) in [5.41, 5.74) is 6.59. The zero-order chi connectivity index (χ0) is 32.3. The molecule has 0 saturated carbocycles. The van der Waals surface area contributed by atoms with E-state index < -0.39 is 0 Å². The van der Waals surface area contributed by atoms with E-state index in [1.54, 1.807) is 0 Å². The highest BCUT2D eigenvalue weighted by Gasteiger charge is 2.19. The van der Waals surface area contributed by atoms with Crippen LogP contribution in [-0.4, -0.2) is 15.0 Å². The maximum absolute atomic E-state index is 6.24. The van der Waals surface area contributed by atoms with Gasteiger partial charge in [-0.3, -0.25) is 0 Å². The van der Waals surface area contributed by atoms with Crippen LogP contribution in [0.4, 0.5) is 0 Å². The number of furan rings is 1. The summed E-state index contributed by atoms with van der Waals surface area (Å²) in [5.74, 6) is 1.84. The maximum atomic E-state index is 6.24. The normalized spacial score (nSPS) is 11.7. The monoisotopic (exact) mass is 625 g/mol. The van der Waals surface area contributed by atoms with Gasteiger partial charge in [-0.05, 0) is 61.6 Å². The molecule has 0 N–H and O–H groups in total. The second-order valence-electron chi connectivity index (χ2n) is 12.4. The average molecular weight is 626 g/mol. The first-order chi connectivity index (χ1) is 24.3. The summed E-state index contributed by atoms with van der Waals surface area (Å²) < 4.78 is 6.24. The number of benzene rings is 8. The first-order valence-corrected chi connectivity index (χ1v) is 16.4. The molecule has 49 heavy (non-hydrogen) atoms. The van der Waals surface area contributed by atoms with Crippen molar-refractivity contribution in [1.82, 2.24) is 15.0 Å². The van der Waals surface area contributed by atoms with Crippen molar-refractivity contribution in [2.45, 2.75) is 0 Å².